The number of ketones is 2. The first kappa shape index (κ1) is 20.1. The van der Waals surface area contributed by atoms with Crippen molar-refractivity contribution in [2.24, 2.45) is 0 Å². The van der Waals surface area contributed by atoms with Crippen LogP contribution in [0, 0.1) is 6.92 Å². The SMILES string of the molecule is Cc1cccc2c1C(=O)C(c1cc(C(C)(C)C)c(O)c(C(C)(C)C)c1)=CC2=O. The van der Waals surface area contributed by atoms with Gasteiger partial charge in [0, 0.05) is 27.8 Å². The van der Waals surface area contributed by atoms with Crippen molar-refractivity contribution in [2.45, 2.75) is 59.3 Å². The lowest BCUT2D eigenvalue weighted by molar-refractivity contribution is 0.100. The monoisotopic (exact) mass is 376 g/mol. The van der Waals surface area contributed by atoms with Crippen molar-refractivity contribution >= 4 is 17.1 Å². The first-order chi connectivity index (χ1) is 12.8. The molecule has 0 bridgehead atoms. The number of phenols is 1. The van der Waals surface area contributed by atoms with Crippen LogP contribution in [0.3, 0.4) is 0 Å². The predicted octanol–water partition coefficient (Wildman–Crippen LogP) is 5.76. The predicted molar refractivity (Wildman–Crippen MR) is 113 cm³/mol. The van der Waals surface area contributed by atoms with Crippen LogP contribution in [-0.2, 0) is 10.8 Å². The van der Waals surface area contributed by atoms with Crippen LogP contribution in [0.1, 0.15) is 84.5 Å². The van der Waals surface area contributed by atoms with Gasteiger partial charge in [-0.15, -0.1) is 0 Å². The summed E-state index contributed by atoms with van der Waals surface area (Å²) in [4.78, 5) is 26.0. The Morgan fingerprint density at radius 2 is 1.39 bits per heavy atom. The Hall–Kier alpha value is -2.68. The summed E-state index contributed by atoms with van der Waals surface area (Å²) in [5.41, 5.74) is 3.73. The average Bonchev–Trinajstić information content (AvgIpc) is 2.56. The number of benzene rings is 2. The molecule has 2 aromatic carbocycles. The molecule has 146 valence electrons. The molecule has 0 radical (unpaired) electrons. The third-order valence-electron chi connectivity index (χ3n) is 5.32. The number of hydrogen-bond acceptors (Lipinski definition) is 3. The topological polar surface area (TPSA) is 54.4 Å². The molecule has 2 aromatic rings. The normalized spacial score (nSPS) is 14.8. The van der Waals surface area contributed by atoms with Crippen LogP contribution >= 0.6 is 0 Å². The van der Waals surface area contributed by atoms with Crippen molar-refractivity contribution < 1.29 is 14.7 Å². The van der Waals surface area contributed by atoms with Crippen LogP contribution in [0.25, 0.3) is 5.57 Å². The standard InChI is InChI=1S/C25H28O3/c1-14-9-8-10-16-20(26)13-17(22(27)21(14)16)15-11-18(24(2,3)4)23(28)19(12-15)25(5,6)7/h8-13,28H,1-7H3. The number of carbonyl (C=O) groups excluding carboxylic acids is 2. The number of carbonyl (C=O) groups is 2. The summed E-state index contributed by atoms with van der Waals surface area (Å²) in [6, 6.07) is 9.06. The molecule has 0 amide bonds. The van der Waals surface area contributed by atoms with Gasteiger partial charge in [0.2, 0.25) is 0 Å². The van der Waals surface area contributed by atoms with Crippen LogP contribution in [-0.4, -0.2) is 16.7 Å². The summed E-state index contributed by atoms with van der Waals surface area (Å²) in [6.07, 6.45) is 1.44. The lowest BCUT2D eigenvalue weighted by Gasteiger charge is -2.29. The van der Waals surface area contributed by atoms with Gasteiger partial charge in [-0.25, -0.2) is 0 Å². The minimum Gasteiger partial charge on any atom is -0.507 e. The first-order valence-corrected chi connectivity index (χ1v) is 9.61. The molecule has 1 aliphatic rings. The number of rotatable bonds is 1. The van der Waals surface area contributed by atoms with E-state index < -0.39 is 0 Å². The van der Waals surface area contributed by atoms with Crippen molar-refractivity contribution in [1.82, 2.24) is 0 Å². The molecule has 0 heterocycles. The summed E-state index contributed by atoms with van der Waals surface area (Å²) < 4.78 is 0. The smallest absolute Gasteiger partial charge is 0.194 e. The van der Waals surface area contributed by atoms with Crippen molar-refractivity contribution in [1.29, 1.82) is 0 Å². The quantitative estimate of drug-likeness (QED) is 0.688. The van der Waals surface area contributed by atoms with E-state index in [-0.39, 0.29) is 28.1 Å². The van der Waals surface area contributed by atoms with Gasteiger partial charge in [0.05, 0.1) is 0 Å². The number of fused-ring (bicyclic) bond motifs is 1. The molecular weight excluding hydrogens is 348 g/mol. The van der Waals surface area contributed by atoms with Crippen molar-refractivity contribution in [3.05, 3.63) is 69.8 Å². The zero-order valence-corrected chi connectivity index (χ0v) is 17.7. The maximum Gasteiger partial charge on any atom is 0.194 e. The molecule has 3 rings (SSSR count). The third-order valence-corrected chi connectivity index (χ3v) is 5.32. The molecule has 0 spiro atoms. The van der Waals surface area contributed by atoms with E-state index in [1.54, 1.807) is 12.1 Å². The number of aryl methyl sites for hydroxylation is 1. The summed E-state index contributed by atoms with van der Waals surface area (Å²) in [5, 5.41) is 10.9. The van der Waals surface area contributed by atoms with Gasteiger partial charge in [-0.1, -0.05) is 59.7 Å². The molecule has 0 atom stereocenters. The van der Waals surface area contributed by atoms with Crippen LogP contribution in [0.5, 0.6) is 5.75 Å². The van der Waals surface area contributed by atoms with E-state index in [0.29, 0.717) is 22.3 Å². The van der Waals surface area contributed by atoms with Gasteiger partial charge in [0.25, 0.3) is 0 Å². The van der Waals surface area contributed by atoms with Gasteiger partial charge in [0.15, 0.2) is 11.6 Å². The second kappa shape index (κ2) is 6.44. The lowest BCUT2D eigenvalue weighted by atomic mass is 9.76. The van der Waals surface area contributed by atoms with Crippen molar-refractivity contribution in [3.8, 4) is 5.75 Å². The van der Waals surface area contributed by atoms with Gasteiger partial charge < -0.3 is 5.11 Å². The van der Waals surface area contributed by atoms with E-state index >= 15 is 0 Å². The molecule has 0 saturated carbocycles. The van der Waals surface area contributed by atoms with Gasteiger partial charge in [-0.05, 0) is 47.1 Å². The highest BCUT2D eigenvalue weighted by Gasteiger charge is 2.31. The van der Waals surface area contributed by atoms with E-state index in [1.165, 1.54) is 6.08 Å². The van der Waals surface area contributed by atoms with Gasteiger partial charge in [-0.3, -0.25) is 9.59 Å². The molecule has 28 heavy (non-hydrogen) atoms. The molecule has 3 nitrogen and oxygen atoms in total. The van der Waals surface area contributed by atoms with Gasteiger partial charge >= 0.3 is 0 Å². The Bertz CT molecular complexity index is 990. The molecule has 1 aliphatic carbocycles. The maximum absolute atomic E-state index is 13.3. The van der Waals surface area contributed by atoms with E-state index in [0.717, 1.165) is 16.7 Å². The second-order valence-electron chi connectivity index (χ2n) is 9.67. The molecule has 0 aromatic heterocycles. The second-order valence-corrected chi connectivity index (χ2v) is 9.67. The van der Waals surface area contributed by atoms with E-state index in [1.807, 2.05) is 66.7 Å². The maximum atomic E-state index is 13.3. The fourth-order valence-electron chi connectivity index (χ4n) is 3.73. The van der Waals surface area contributed by atoms with E-state index in [9.17, 15) is 14.7 Å². The minimum atomic E-state index is -0.309. The Labute approximate surface area is 167 Å². The highest BCUT2D eigenvalue weighted by Crippen LogP contribution is 2.42. The van der Waals surface area contributed by atoms with Crippen LogP contribution < -0.4 is 0 Å². The minimum absolute atomic E-state index is 0.141. The number of allylic oxidation sites excluding steroid dienone is 2. The Kier molecular flexibility index (Phi) is 4.61. The summed E-state index contributed by atoms with van der Waals surface area (Å²) >= 11 is 0. The molecule has 0 saturated heterocycles. The van der Waals surface area contributed by atoms with Gasteiger partial charge in [0.1, 0.15) is 5.75 Å². The highest BCUT2D eigenvalue weighted by atomic mass is 16.3. The fraction of sp³-hybridized carbons (Fsp3) is 0.360. The Morgan fingerprint density at radius 1 is 0.857 bits per heavy atom. The number of hydrogen-bond donors (Lipinski definition) is 1. The summed E-state index contributed by atoms with van der Waals surface area (Å²) in [6.45, 7) is 14.0. The van der Waals surface area contributed by atoms with Crippen molar-refractivity contribution in [3.63, 3.8) is 0 Å². The average molecular weight is 376 g/mol. The van der Waals surface area contributed by atoms with Crippen LogP contribution in [0.4, 0.5) is 0 Å². The van der Waals surface area contributed by atoms with Crippen molar-refractivity contribution in [2.75, 3.05) is 0 Å². The van der Waals surface area contributed by atoms with Crippen LogP contribution in [0.2, 0.25) is 0 Å². The molecule has 1 N–H and O–H groups in total. The first-order valence-electron chi connectivity index (χ1n) is 9.61. The Morgan fingerprint density at radius 3 is 1.89 bits per heavy atom. The summed E-state index contributed by atoms with van der Waals surface area (Å²) in [7, 11) is 0. The number of aromatic hydroxyl groups is 1. The third kappa shape index (κ3) is 3.30. The number of Topliss-reactive ketones (excluding diaryl/α,β-unsaturated/α-hetero) is 1. The van der Waals surface area contributed by atoms with E-state index in [4.69, 9.17) is 0 Å². The van der Waals surface area contributed by atoms with Gasteiger partial charge in [-0.2, -0.15) is 0 Å². The van der Waals surface area contributed by atoms with Crippen LogP contribution in [0.15, 0.2) is 36.4 Å². The fourth-order valence-corrected chi connectivity index (χ4v) is 3.73. The number of phenolic OH excluding ortho intramolecular Hbond substituents is 1. The Balaban J connectivity index is 2.29. The molecule has 3 heteroatoms. The molecule has 0 aliphatic heterocycles. The zero-order valence-electron chi connectivity index (χ0n) is 17.7. The van der Waals surface area contributed by atoms with E-state index in [2.05, 4.69) is 0 Å². The highest BCUT2D eigenvalue weighted by molar-refractivity contribution is 6.39. The summed E-state index contributed by atoms with van der Waals surface area (Å²) in [5.74, 6) is -0.0374. The lowest BCUT2D eigenvalue weighted by Crippen LogP contribution is -2.21. The zero-order chi connectivity index (χ0) is 21.0. The molecule has 0 fully saturated rings. The largest absolute Gasteiger partial charge is 0.507 e. The molecular formula is C25H28O3. The molecule has 0 unspecified atom stereocenters.